The molecule has 1 atom stereocenters. The van der Waals surface area contributed by atoms with E-state index >= 15 is 0 Å². The lowest BCUT2D eigenvalue weighted by Crippen LogP contribution is -2.53. The first kappa shape index (κ1) is 17.6. The van der Waals surface area contributed by atoms with Crippen LogP contribution >= 0.6 is 11.6 Å². The number of ketones is 1. The van der Waals surface area contributed by atoms with E-state index in [1.807, 2.05) is 0 Å². The molecule has 1 unspecified atom stereocenters. The van der Waals surface area contributed by atoms with Crippen LogP contribution in [-0.4, -0.2) is 37.5 Å². The number of anilines is 1. The van der Waals surface area contributed by atoms with Gasteiger partial charge in [0.1, 0.15) is 0 Å². The normalized spacial score (nSPS) is 19.3. The van der Waals surface area contributed by atoms with Gasteiger partial charge < -0.3 is 5.32 Å². The van der Waals surface area contributed by atoms with Crippen molar-refractivity contribution in [1.29, 1.82) is 0 Å². The number of fused-ring (bicyclic) bond motifs is 1. The average molecular weight is 379 g/mol. The van der Waals surface area contributed by atoms with Gasteiger partial charge in [-0.3, -0.25) is 9.59 Å². The van der Waals surface area contributed by atoms with Gasteiger partial charge in [0.2, 0.25) is 10.0 Å². The number of sulfonamides is 1. The van der Waals surface area contributed by atoms with Crippen LogP contribution in [0.3, 0.4) is 0 Å². The van der Waals surface area contributed by atoms with Gasteiger partial charge in [0.15, 0.2) is 11.8 Å². The Labute approximate surface area is 150 Å². The molecule has 0 saturated heterocycles. The summed E-state index contributed by atoms with van der Waals surface area (Å²) in [4.78, 5) is 25.3. The minimum absolute atomic E-state index is 0.0172. The van der Waals surface area contributed by atoms with Crippen molar-refractivity contribution in [2.45, 2.75) is 17.9 Å². The van der Waals surface area contributed by atoms with Crippen LogP contribution in [0.25, 0.3) is 0 Å². The van der Waals surface area contributed by atoms with E-state index in [-0.39, 0.29) is 10.5 Å². The zero-order valence-electron chi connectivity index (χ0n) is 13.5. The van der Waals surface area contributed by atoms with Crippen LogP contribution in [0.2, 0.25) is 5.02 Å². The molecule has 2 aromatic rings. The highest BCUT2D eigenvalue weighted by atomic mass is 35.5. The van der Waals surface area contributed by atoms with Crippen LogP contribution < -0.4 is 5.32 Å². The summed E-state index contributed by atoms with van der Waals surface area (Å²) in [5, 5.41) is 3.06. The Morgan fingerprint density at radius 1 is 1.16 bits per heavy atom. The van der Waals surface area contributed by atoms with E-state index in [2.05, 4.69) is 5.32 Å². The summed E-state index contributed by atoms with van der Waals surface area (Å²) in [6, 6.07) is 9.35. The monoisotopic (exact) mass is 378 g/mol. The lowest BCUT2D eigenvalue weighted by atomic mass is 10.0. The van der Waals surface area contributed by atoms with Gasteiger partial charge in [0.05, 0.1) is 4.90 Å². The quantitative estimate of drug-likeness (QED) is 0.814. The third kappa shape index (κ3) is 2.84. The van der Waals surface area contributed by atoms with Gasteiger partial charge in [0.25, 0.3) is 5.91 Å². The number of hydrogen-bond donors (Lipinski definition) is 1. The molecule has 0 aromatic heterocycles. The maximum absolute atomic E-state index is 12.7. The molecule has 0 saturated carbocycles. The van der Waals surface area contributed by atoms with Crippen LogP contribution in [0.15, 0.2) is 47.4 Å². The van der Waals surface area contributed by atoms with Crippen LogP contribution in [0.1, 0.15) is 15.9 Å². The second-order valence-corrected chi connectivity index (χ2v) is 8.06. The molecule has 25 heavy (non-hydrogen) atoms. The highest BCUT2D eigenvalue weighted by molar-refractivity contribution is 7.89. The molecule has 1 aliphatic rings. The smallest absolute Gasteiger partial charge is 0.250 e. The van der Waals surface area contributed by atoms with E-state index in [1.54, 1.807) is 31.2 Å². The van der Waals surface area contributed by atoms with Crippen molar-refractivity contribution in [2.24, 2.45) is 0 Å². The molecule has 0 fully saturated rings. The van der Waals surface area contributed by atoms with Gasteiger partial charge >= 0.3 is 0 Å². The van der Waals surface area contributed by atoms with Crippen molar-refractivity contribution < 1.29 is 18.0 Å². The molecule has 8 heteroatoms. The summed E-state index contributed by atoms with van der Waals surface area (Å²) >= 11 is 6.03. The number of rotatable bonds is 2. The number of nitrogens with one attached hydrogen (secondary N) is 1. The number of carbonyl (C=O) groups is 2. The Morgan fingerprint density at radius 2 is 1.84 bits per heavy atom. The van der Waals surface area contributed by atoms with Crippen molar-refractivity contribution in [1.82, 2.24) is 4.31 Å². The summed E-state index contributed by atoms with van der Waals surface area (Å²) < 4.78 is 26.0. The van der Waals surface area contributed by atoms with Crippen molar-refractivity contribution in [3.05, 3.63) is 58.6 Å². The highest BCUT2D eigenvalue weighted by Crippen LogP contribution is 2.30. The Morgan fingerprint density at radius 3 is 2.56 bits per heavy atom. The van der Waals surface area contributed by atoms with Gasteiger partial charge in [0, 0.05) is 23.3 Å². The second kappa shape index (κ2) is 6.25. The van der Waals surface area contributed by atoms with Crippen molar-refractivity contribution in [3.63, 3.8) is 0 Å². The topological polar surface area (TPSA) is 83.5 Å². The number of hydrogen-bond acceptors (Lipinski definition) is 4. The molecular formula is C17H15ClN2O4S. The molecule has 1 heterocycles. The van der Waals surface area contributed by atoms with E-state index in [1.165, 1.54) is 25.2 Å². The molecule has 6 nitrogen and oxygen atoms in total. The van der Waals surface area contributed by atoms with Gasteiger partial charge in [-0.25, -0.2) is 8.42 Å². The summed E-state index contributed by atoms with van der Waals surface area (Å²) in [6.45, 7) is 1.72. The van der Waals surface area contributed by atoms with E-state index in [0.29, 0.717) is 16.3 Å². The number of amides is 1. The molecule has 130 valence electrons. The molecule has 2 aromatic carbocycles. The predicted molar refractivity (Wildman–Crippen MR) is 94.3 cm³/mol. The zero-order valence-corrected chi connectivity index (χ0v) is 15.1. The Kier molecular flexibility index (Phi) is 4.40. The summed E-state index contributed by atoms with van der Waals surface area (Å²) in [6.07, 6.45) is 0. The van der Waals surface area contributed by atoms with Gasteiger partial charge in [-0.1, -0.05) is 29.8 Å². The third-order valence-electron chi connectivity index (χ3n) is 4.20. The predicted octanol–water partition coefficient (Wildman–Crippen LogP) is 2.47. The summed E-state index contributed by atoms with van der Waals surface area (Å²) in [5.41, 5.74) is 1.07. The van der Waals surface area contributed by atoms with E-state index in [9.17, 15) is 18.0 Å². The molecule has 3 rings (SSSR count). The highest BCUT2D eigenvalue weighted by Gasteiger charge is 2.45. The fraction of sp³-hybridized carbons (Fsp3) is 0.176. The third-order valence-corrected chi connectivity index (χ3v) is 6.49. The second-order valence-electron chi connectivity index (χ2n) is 5.69. The van der Waals surface area contributed by atoms with E-state index in [4.69, 9.17) is 11.6 Å². The van der Waals surface area contributed by atoms with Crippen molar-refractivity contribution in [3.8, 4) is 0 Å². The minimum atomic E-state index is -3.93. The van der Waals surface area contributed by atoms with Crippen molar-refractivity contribution in [2.75, 3.05) is 12.4 Å². The maximum Gasteiger partial charge on any atom is 0.250 e. The van der Waals surface area contributed by atoms with Crippen molar-refractivity contribution >= 4 is 39.0 Å². The number of nitrogens with zero attached hydrogens (tertiary/aromatic N) is 1. The molecule has 0 bridgehead atoms. The van der Waals surface area contributed by atoms with E-state index in [0.717, 1.165) is 4.31 Å². The van der Waals surface area contributed by atoms with Crippen LogP contribution in [0.4, 0.5) is 5.69 Å². The first-order valence-corrected chi connectivity index (χ1v) is 9.24. The van der Waals surface area contributed by atoms with E-state index < -0.39 is 27.8 Å². The molecule has 1 N–H and O–H groups in total. The molecule has 1 amide bonds. The fourth-order valence-corrected chi connectivity index (χ4v) is 4.38. The van der Waals surface area contributed by atoms with Crippen LogP contribution in [0, 0.1) is 6.92 Å². The Balaban J connectivity index is 2.01. The number of likely N-dealkylation sites (N-methyl/N-ethyl adjacent to an activating group) is 1. The number of halogens is 1. The molecular weight excluding hydrogens is 364 g/mol. The lowest BCUT2D eigenvalue weighted by molar-refractivity contribution is -0.118. The van der Waals surface area contributed by atoms with Gasteiger partial charge in [-0.15, -0.1) is 0 Å². The number of Topliss-reactive ketones (excluding diaryl/α,β-unsaturated/α-hetero) is 1. The zero-order chi connectivity index (χ0) is 18.4. The fourth-order valence-electron chi connectivity index (χ4n) is 2.73. The molecule has 1 aliphatic heterocycles. The average Bonchev–Trinajstić information content (AvgIpc) is 2.58. The summed E-state index contributed by atoms with van der Waals surface area (Å²) in [7, 11) is -2.71. The SMILES string of the molecule is Cc1c(Cl)cccc1NC(=O)C1C(=O)c2ccccc2S(=O)(=O)N1C. The Hall–Kier alpha value is -2.22. The van der Waals surface area contributed by atoms with Gasteiger partial charge in [-0.2, -0.15) is 4.31 Å². The van der Waals surface area contributed by atoms with Crippen LogP contribution in [-0.2, 0) is 14.8 Å². The Bertz CT molecular complexity index is 988. The van der Waals surface area contributed by atoms with Crippen LogP contribution in [0.5, 0.6) is 0 Å². The molecule has 0 spiro atoms. The first-order chi connectivity index (χ1) is 11.7. The number of benzene rings is 2. The number of carbonyl (C=O) groups excluding carboxylic acids is 2. The minimum Gasteiger partial charge on any atom is -0.324 e. The lowest BCUT2D eigenvalue weighted by Gasteiger charge is -2.31. The molecule has 0 aliphatic carbocycles. The van der Waals surface area contributed by atoms with Gasteiger partial charge in [-0.05, 0) is 36.8 Å². The largest absolute Gasteiger partial charge is 0.324 e. The first-order valence-electron chi connectivity index (χ1n) is 7.42. The summed E-state index contributed by atoms with van der Waals surface area (Å²) in [5.74, 6) is -1.29. The maximum atomic E-state index is 12.7. The molecule has 0 radical (unpaired) electrons. The standard InChI is InChI=1S/C17H15ClN2O4S/c1-10-12(18)7-5-8-13(10)19-17(22)15-16(21)11-6-3-4-9-14(11)25(23,24)20(15)2/h3-9,15H,1-2H3,(H,19,22).